The van der Waals surface area contributed by atoms with Crippen molar-refractivity contribution in [3.63, 3.8) is 0 Å². The minimum absolute atomic E-state index is 0.0191. The third-order valence-electron chi connectivity index (χ3n) is 4.09. The van der Waals surface area contributed by atoms with Gasteiger partial charge >= 0.3 is 0 Å². The molecule has 3 aromatic carbocycles. The zero-order chi connectivity index (χ0) is 19.0. The molecule has 0 heterocycles. The highest BCUT2D eigenvalue weighted by atomic mass is 19.1. The van der Waals surface area contributed by atoms with Crippen LogP contribution in [0.3, 0.4) is 0 Å². The van der Waals surface area contributed by atoms with Crippen molar-refractivity contribution in [1.29, 1.82) is 0 Å². The van der Waals surface area contributed by atoms with Gasteiger partial charge in [-0.15, -0.1) is 0 Å². The van der Waals surface area contributed by atoms with Crippen molar-refractivity contribution in [2.75, 3.05) is 11.5 Å². The van der Waals surface area contributed by atoms with E-state index in [9.17, 15) is 23.4 Å². The lowest BCUT2D eigenvalue weighted by Gasteiger charge is -2.22. The maximum absolute atomic E-state index is 13.9. The Bertz CT molecular complexity index is 918. The summed E-state index contributed by atoms with van der Waals surface area (Å²) in [7, 11) is 0. The summed E-state index contributed by atoms with van der Waals surface area (Å²) in [5.41, 5.74) is 11.1. The van der Waals surface area contributed by atoms with Crippen LogP contribution < -0.4 is 11.5 Å². The molecule has 0 saturated heterocycles. The molecule has 7 heteroatoms. The average molecular weight is 360 g/mol. The molecule has 0 amide bonds. The minimum atomic E-state index is -1.04. The third-order valence-corrected chi connectivity index (χ3v) is 4.09. The van der Waals surface area contributed by atoms with Crippen LogP contribution in [0.25, 0.3) is 0 Å². The number of nitrogen functional groups attached to an aromatic ring is 2. The fourth-order valence-electron chi connectivity index (χ4n) is 2.91. The van der Waals surface area contributed by atoms with Gasteiger partial charge in [-0.25, -0.2) is 13.2 Å². The zero-order valence-electron chi connectivity index (χ0n) is 13.4. The van der Waals surface area contributed by atoms with Gasteiger partial charge in [-0.3, -0.25) is 0 Å². The normalized spacial score (nSPS) is 11.1. The fourth-order valence-corrected chi connectivity index (χ4v) is 2.91. The number of hydrogen-bond donors (Lipinski definition) is 4. The van der Waals surface area contributed by atoms with Crippen molar-refractivity contribution < 1.29 is 23.4 Å². The van der Waals surface area contributed by atoms with Crippen LogP contribution >= 0.6 is 0 Å². The lowest BCUT2D eigenvalue weighted by molar-refractivity contribution is 0.458. The maximum atomic E-state index is 13.9. The van der Waals surface area contributed by atoms with Crippen molar-refractivity contribution in [2.45, 2.75) is 5.92 Å². The largest absolute Gasteiger partial charge is 0.505 e. The molecule has 0 aliphatic heterocycles. The van der Waals surface area contributed by atoms with Gasteiger partial charge < -0.3 is 21.7 Å². The summed E-state index contributed by atoms with van der Waals surface area (Å²) in [5.74, 6) is -3.87. The van der Waals surface area contributed by atoms with Crippen molar-refractivity contribution in [2.24, 2.45) is 0 Å². The third kappa shape index (κ3) is 3.11. The molecule has 0 atom stereocenters. The van der Waals surface area contributed by atoms with Crippen LogP contribution in [-0.2, 0) is 0 Å². The van der Waals surface area contributed by atoms with Crippen LogP contribution in [0.1, 0.15) is 22.6 Å². The molecule has 3 rings (SSSR count). The number of phenols is 2. The van der Waals surface area contributed by atoms with E-state index in [1.807, 2.05) is 0 Å². The van der Waals surface area contributed by atoms with E-state index in [0.29, 0.717) is 5.56 Å². The number of phenolic OH excluding ortho intramolecular Hbond substituents is 2. The maximum Gasteiger partial charge on any atom is 0.142 e. The van der Waals surface area contributed by atoms with Crippen LogP contribution in [0.2, 0.25) is 0 Å². The Morgan fingerprint density at radius 2 is 1.08 bits per heavy atom. The molecule has 6 N–H and O–H groups in total. The van der Waals surface area contributed by atoms with Gasteiger partial charge in [0.1, 0.15) is 29.0 Å². The summed E-state index contributed by atoms with van der Waals surface area (Å²) in [4.78, 5) is 0. The molecule has 0 aromatic heterocycles. The molecule has 0 aliphatic rings. The van der Waals surface area contributed by atoms with Gasteiger partial charge in [-0.05, 0) is 29.8 Å². The number of anilines is 2. The molecule has 3 aromatic rings. The first kappa shape index (κ1) is 17.5. The number of benzene rings is 3. The number of aromatic hydroxyl groups is 2. The zero-order valence-corrected chi connectivity index (χ0v) is 13.4. The molecular formula is C19H15F3N2O2. The molecule has 0 aliphatic carbocycles. The number of hydrogen-bond acceptors (Lipinski definition) is 4. The van der Waals surface area contributed by atoms with Gasteiger partial charge in [-0.1, -0.05) is 12.1 Å². The molecule has 0 radical (unpaired) electrons. The first-order chi connectivity index (χ1) is 12.3. The smallest absolute Gasteiger partial charge is 0.142 e. The van der Waals surface area contributed by atoms with Crippen molar-refractivity contribution >= 4 is 11.4 Å². The Kier molecular flexibility index (Phi) is 4.38. The van der Waals surface area contributed by atoms with E-state index in [-0.39, 0.29) is 22.5 Å². The van der Waals surface area contributed by atoms with E-state index < -0.39 is 34.9 Å². The average Bonchev–Trinajstić information content (AvgIpc) is 2.58. The SMILES string of the molecule is Nc1cc(F)cc(C(c2ccc(F)cc2)c2cc(F)cc(N)c2O)c1O. The number of nitrogens with two attached hydrogens (primary N) is 2. The summed E-state index contributed by atoms with van der Waals surface area (Å²) in [6.07, 6.45) is 0. The van der Waals surface area contributed by atoms with Crippen LogP contribution in [0.4, 0.5) is 24.5 Å². The predicted octanol–water partition coefficient (Wildman–Crippen LogP) is 3.86. The van der Waals surface area contributed by atoms with E-state index in [0.717, 1.165) is 36.4 Å². The predicted molar refractivity (Wildman–Crippen MR) is 92.3 cm³/mol. The molecule has 0 bridgehead atoms. The monoisotopic (exact) mass is 360 g/mol. The summed E-state index contributed by atoms with van der Waals surface area (Å²) in [6, 6.07) is 8.95. The second kappa shape index (κ2) is 6.51. The van der Waals surface area contributed by atoms with Crippen molar-refractivity contribution in [1.82, 2.24) is 0 Å². The van der Waals surface area contributed by atoms with Gasteiger partial charge in [-0.2, -0.15) is 0 Å². The van der Waals surface area contributed by atoms with Crippen LogP contribution in [0.5, 0.6) is 11.5 Å². The van der Waals surface area contributed by atoms with Gasteiger partial charge in [0.25, 0.3) is 0 Å². The van der Waals surface area contributed by atoms with E-state index in [4.69, 9.17) is 11.5 Å². The molecule has 26 heavy (non-hydrogen) atoms. The summed E-state index contributed by atoms with van der Waals surface area (Å²) in [5, 5.41) is 20.7. The lowest BCUT2D eigenvalue weighted by atomic mass is 9.83. The highest BCUT2D eigenvalue weighted by molar-refractivity contribution is 5.65. The highest BCUT2D eigenvalue weighted by Crippen LogP contribution is 2.44. The number of rotatable bonds is 3. The van der Waals surface area contributed by atoms with E-state index in [1.165, 1.54) is 12.1 Å². The Hall–Kier alpha value is -3.35. The lowest BCUT2D eigenvalue weighted by Crippen LogP contribution is -2.08. The Morgan fingerprint density at radius 1 is 0.654 bits per heavy atom. The Morgan fingerprint density at radius 3 is 1.50 bits per heavy atom. The van der Waals surface area contributed by atoms with Gasteiger partial charge in [0.2, 0.25) is 0 Å². The Balaban J connectivity index is 2.33. The fraction of sp³-hybridized carbons (Fsp3) is 0.0526. The summed E-state index contributed by atoms with van der Waals surface area (Å²) in [6.45, 7) is 0. The van der Waals surface area contributed by atoms with Crippen LogP contribution in [-0.4, -0.2) is 10.2 Å². The van der Waals surface area contributed by atoms with Crippen molar-refractivity contribution in [3.05, 3.63) is 82.7 Å². The molecule has 0 spiro atoms. The quantitative estimate of drug-likeness (QED) is 0.324. The second-order valence-electron chi connectivity index (χ2n) is 5.85. The van der Waals surface area contributed by atoms with E-state index in [1.54, 1.807) is 0 Å². The first-order valence-corrected chi connectivity index (χ1v) is 7.59. The van der Waals surface area contributed by atoms with Gasteiger partial charge in [0.15, 0.2) is 0 Å². The van der Waals surface area contributed by atoms with Crippen molar-refractivity contribution in [3.8, 4) is 11.5 Å². The molecular weight excluding hydrogens is 345 g/mol. The molecule has 134 valence electrons. The summed E-state index contributed by atoms with van der Waals surface area (Å²) >= 11 is 0. The van der Waals surface area contributed by atoms with E-state index >= 15 is 0 Å². The molecule has 0 fully saturated rings. The molecule has 0 saturated carbocycles. The first-order valence-electron chi connectivity index (χ1n) is 7.59. The second-order valence-corrected chi connectivity index (χ2v) is 5.85. The Labute approximate surface area is 147 Å². The van der Waals surface area contributed by atoms with Gasteiger partial charge in [0.05, 0.1) is 11.4 Å². The van der Waals surface area contributed by atoms with Crippen LogP contribution in [0, 0.1) is 17.5 Å². The minimum Gasteiger partial charge on any atom is -0.505 e. The van der Waals surface area contributed by atoms with Crippen LogP contribution in [0.15, 0.2) is 48.5 Å². The summed E-state index contributed by atoms with van der Waals surface area (Å²) < 4.78 is 41.1. The molecule has 0 unspecified atom stereocenters. The van der Waals surface area contributed by atoms with E-state index in [2.05, 4.69) is 0 Å². The van der Waals surface area contributed by atoms with Gasteiger partial charge in [0, 0.05) is 29.2 Å². The highest BCUT2D eigenvalue weighted by Gasteiger charge is 2.26. The topological polar surface area (TPSA) is 92.5 Å². The standard InChI is InChI=1S/C19H15F3N2O2/c20-10-3-1-9(2-4-10)17(13-5-11(21)7-15(23)18(13)25)14-6-12(22)8-16(24)19(14)26/h1-8,17,25-26H,23-24H2. The number of halogens is 3. The molecule has 4 nitrogen and oxygen atoms in total.